The Bertz CT molecular complexity index is 759. The van der Waals surface area contributed by atoms with Crippen molar-refractivity contribution in [3.63, 3.8) is 0 Å². The topological polar surface area (TPSA) is 64.6 Å². The van der Waals surface area contributed by atoms with Crippen LogP contribution in [0.25, 0.3) is 0 Å². The molecule has 1 amide bonds. The number of methoxy groups -OCH3 is 1. The van der Waals surface area contributed by atoms with Gasteiger partial charge in [0, 0.05) is 0 Å². The second-order valence-corrected chi connectivity index (χ2v) is 5.91. The summed E-state index contributed by atoms with van der Waals surface area (Å²) in [6.07, 6.45) is -0.200. The van der Waals surface area contributed by atoms with Gasteiger partial charge < -0.3 is 14.8 Å². The maximum absolute atomic E-state index is 12.5. The van der Waals surface area contributed by atoms with E-state index in [2.05, 4.69) is 10.1 Å². The fourth-order valence-corrected chi connectivity index (χ4v) is 2.35. The molecule has 2 aromatic carbocycles. The van der Waals surface area contributed by atoms with Crippen LogP contribution in [0.1, 0.15) is 29.3 Å². The van der Waals surface area contributed by atoms with Gasteiger partial charge >= 0.3 is 5.97 Å². The van der Waals surface area contributed by atoms with Crippen molar-refractivity contribution < 1.29 is 19.1 Å². The molecule has 0 spiro atoms. The molecule has 0 saturated heterocycles. The minimum Gasteiger partial charge on any atom is -0.481 e. The van der Waals surface area contributed by atoms with Gasteiger partial charge in [0.2, 0.25) is 0 Å². The SMILES string of the molecule is CC[C@H](Oc1ccc(C)cc1)C(=O)Nc1cc(C(=O)OC)ccc1Cl. The smallest absolute Gasteiger partial charge is 0.337 e. The van der Waals surface area contributed by atoms with Crippen LogP contribution in [0.15, 0.2) is 42.5 Å². The number of carbonyl (C=O) groups is 2. The Hall–Kier alpha value is -2.53. The second-order valence-electron chi connectivity index (χ2n) is 5.50. The van der Waals surface area contributed by atoms with Crippen LogP contribution < -0.4 is 10.1 Å². The number of ether oxygens (including phenoxy) is 2. The van der Waals surface area contributed by atoms with Crippen LogP contribution in [0.4, 0.5) is 5.69 Å². The van der Waals surface area contributed by atoms with Gasteiger partial charge in [-0.3, -0.25) is 4.79 Å². The van der Waals surface area contributed by atoms with Crippen molar-refractivity contribution in [2.24, 2.45) is 0 Å². The number of nitrogens with one attached hydrogen (secondary N) is 1. The van der Waals surface area contributed by atoms with E-state index in [0.717, 1.165) is 5.56 Å². The number of hydrogen-bond donors (Lipinski definition) is 1. The van der Waals surface area contributed by atoms with Crippen molar-refractivity contribution in [3.05, 3.63) is 58.6 Å². The van der Waals surface area contributed by atoms with Crippen molar-refractivity contribution in [2.75, 3.05) is 12.4 Å². The lowest BCUT2D eigenvalue weighted by Gasteiger charge is -2.18. The molecule has 0 bridgehead atoms. The maximum atomic E-state index is 12.5. The lowest BCUT2D eigenvalue weighted by atomic mass is 10.2. The average Bonchev–Trinajstić information content (AvgIpc) is 2.62. The lowest BCUT2D eigenvalue weighted by Crippen LogP contribution is -2.32. The number of anilines is 1. The van der Waals surface area contributed by atoms with Crippen molar-refractivity contribution >= 4 is 29.2 Å². The lowest BCUT2D eigenvalue weighted by molar-refractivity contribution is -0.122. The van der Waals surface area contributed by atoms with Crippen LogP contribution in [0, 0.1) is 6.92 Å². The molecule has 25 heavy (non-hydrogen) atoms. The molecule has 132 valence electrons. The first-order valence-electron chi connectivity index (χ1n) is 7.86. The normalized spacial score (nSPS) is 11.5. The number of hydrogen-bond acceptors (Lipinski definition) is 4. The van der Waals surface area contributed by atoms with Crippen LogP contribution in [0.2, 0.25) is 5.02 Å². The van der Waals surface area contributed by atoms with Crippen LogP contribution in [0.3, 0.4) is 0 Å². The van der Waals surface area contributed by atoms with E-state index in [9.17, 15) is 9.59 Å². The van der Waals surface area contributed by atoms with Gasteiger partial charge in [0.25, 0.3) is 5.91 Å². The summed E-state index contributed by atoms with van der Waals surface area (Å²) >= 11 is 6.11. The van der Waals surface area contributed by atoms with E-state index >= 15 is 0 Å². The standard InChI is InChI=1S/C19H20ClNO4/c1-4-17(25-14-8-5-12(2)6-9-14)18(22)21-16-11-13(19(23)24-3)7-10-15(16)20/h5-11,17H,4H2,1-3H3,(H,21,22)/t17-/m0/s1. The molecule has 1 N–H and O–H groups in total. The van der Waals surface area contributed by atoms with Gasteiger partial charge in [-0.15, -0.1) is 0 Å². The van der Waals surface area contributed by atoms with Gasteiger partial charge in [-0.2, -0.15) is 0 Å². The number of halogens is 1. The Morgan fingerprint density at radius 1 is 1.16 bits per heavy atom. The zero-order chi connectivity index (χ0) is 18.4. The molecule has 0 saturated carbocycles. The molecule has 0 aliphatic carbocycles. The third kappa shape index (κ3) is 4.97. The van der Waals surface area contributed by atoms with Gasteiger partial charge in [0.15, 0.2) is 6.10 Å². The Kier molecular flexibility index (Phi) is 6.42. The third-order valence-electron chi connectivity index (χ3n) is 3.61. The van der Waals surface area contributed by atoms with E-state index in [1.807, 2.05) is 38.1 Å². The van der Waals surface area contributed by atoms with E-state index in [0.29, 0.717) is 28.4 Å². The predicted octanol–water partition coefficient (Wildman–Crippen LogP) is 4.23. The molecule has 1 atom stereocenters. The number of carbonyl (C=O) groups excluding carboxylic acids is 2. The minimum absolute atomic E-state index is 0.301. The molecule has 6 heteroatoms. The summed E-state index contributed by atoms with van der Waals surface area (Å²) in [5, 5.41) is 3.03. The van der Waals surface area contributed by atoms with Crippen LogP contribution >= 0.6 is 11.6 Å². The zero-order valence-electron chi connectivity index (χ0n) is 14.3. The molecular weight excluding hydrogens is 342 g/mol. The van der Waals surface area contributed by atoms with E-state index in [4.69, 9.17) is 16.3 Å². The number of esters is 1. The number of aryl methyl sites for hydroxylation is 1. The van der Waals surface area contributed by atoms with E-state index in [1.165, 1.54) is 25.3 Å². The molecule has 0 aliphatic rings. The molecule has 2 rings (SSSR count). The first-order chi connectivity index (χ1) is 11.9. The Labute approximate surface area is 151 Å². The molecule has 0 unspecified atom stereocenters. The van der Waals surface area contributed by atoms with Gasteiger partial charge in [0.1, 0.15) is 5.75 Å². The van der Waals surface area contributed by atoms with Gasteiger partial charge in [0.05, 0.1) is 23.4 Å². The number of benzene rings is 2. The highest BCUT2D eigenvalue weighted by Gasteiger charge is 2.20. The largest absolute Gasteiger partial charge is 0.481 e. The molecule has 2 aromatic rings. The summed E-state index contributed by atoms with van der Waals surface area (Å²) in [4.78, 5) is 24.1. The quantitative estimate of drug-likeness (QED) is 0.782. The third-order valence-corrected chi connectivity index (χ3v) is 3.94. The van der Waals surface area contributed by atoms with E-state index < -0.39 is 12.1 Å². The summed E-state index contributed by atoms with van der Waals surface area (Å²) in [5.74, 6) is -0.232. The number of amides is 1. The van der Waals surface area contributed by atoms with Gasteiger partial charge in [-0.05, 0) is 43.7 Å². The Morgan fingerprint density at radius 2 is 1.84 bits per heavy atom. The molecule has 0 radical (unpaired) electrons. The Morgan fingerprint density at radius 3 is 2.44 bits per heavy atom. The fraction of sp³-hybridized carbons (Fsp3) is 0.263. The highest BCUT2D eigenvalue weighted by molar-refractivity contribution is 6.33. The molecule has 5 nitrogen and oxygen atoms in total. The molecule has 0 fully saturated rings. The fourth-order valence-electron chi connectivity index (χ4n) is 2.18. The van der Waals surface area contributed by atoms with Gasteiger partial charge in [-0.25, -0.2) is 4.79 Å². The molecule has 0 aliphatic heterocycles. The summed E-state index contributed by atoms with van der Waals surface area (Å²) in [5.41, 5.74) is 1.74. The predicted molar refractivity (Wildman–Crippen MR) is 97.3 cm³/mol. The van der Waals surface area contributed by atoms with Crippen molar-refractivity contribution in [1.29, 1.82) is 0 Å². The molecule has 0 aromatic heterocycles. The highest BCUT2D eigenvalue weighted by atomic mass is 35.5. The van der Waals surface area contributed by atoms with Crippen molar-refractivity contribution in [2.45, 2.75) is 26.4 Å². The van der Waals surface area contributed by atoms with Crippen molar-refractivity contribution in [3.8, 4) is 5.75 Å². The van der Waals surface area contributed by atoms with Crippen molar-refractivity contribution in [1.82, 2.24) is 0 Å². The summed E-state index contributed by atoms with van der Waals surface area (Å²) in [7, 11) is 1.29. The first-order valence-corrected chi connectivity index (χ1v) is 8.24. The first kappa shape index (κ1) is 18.8. The summed E-state index contributed by atoms with van der Waals surface area (Å²) in [6.45, 7) is 3.83. The monoisotopic (exact) mass is 361 g/mol. The van der Waals surface area contributed by atoms with E-state index in [1.54, 1.807) is 0 Å². The average molecular weight is 362 g/mol. The van der Waals surface area contributed by atoms with Gasteiger partial charge in [-0.1, -0.05) is 36.2 Å². The van der Waals surface area contributed by atoms with Crippen LogP contribution in [-0.2, 0) is 9.53 Å². The molecule has 0 heterocycles. The van der Waals surface area contributed by atoms with E-state index in [-0.39, 0.29) is 5.91 Å². The maximum Gasteiger partial charge on any atom is 0.337 e. The summed E-state index contributed by atoms with van der Waals surface area (Å²) in [6, 6.07) is 12.0. The summed E-state index contributed by atoms with van der Waals surface area (Å²) < 4.78 is 10.4. The molecular formula is C19H20ClNO4. The van der Waals surface area contributed by atoms with Crippen LogP contribution in [-0.4, -0.2) is 25.1 Å². The highest BCUT2D eigenvalue weighted by Crippen LogP contribution is 2.24. The minimum atomic E-state index is -0.680. The Balaban J connectivity index is 2.13. The second kappa shape index (κ2) is 8.53. The number of rotatable bonds is 6. The zero-order valence-corrected chi connectivity index (χ0v) is 15.1. The van der Waals surface area contributed by atoms with Crippen LogP contribution in [0.5, 0.6) is 5.75 Å².